The second kappa shape index (κ2) is 5.85. The predicted octanol–water partition coefficient (Wildman–Crippen LogP) is 2.73. The first-order valence-electron chi connectivity index (χ1n) is 7.03. The standard InChI is InChI=1S/C16H26N2/c1-12-7-13(2)9-15(8-12)10-17-16-5-6-18(4)11-14(16)3/h7-9,14,16-17H,5-6,10-11H2,1-4H3. The summed E-state index contributed by atoms with van der Waals surface area (Å²) in [5.74, 6) is 0.745. The van der Waals surface area contributed by atoms with Crippen LogP contribution in [0, 0.1) is 19.8 Å². The molecule has 1 aliphatic heterocycles. The van der Waals surface area contributed by atoms with Gasteiger partial charge in [0.15, 0.2) is 0 Å². The SMILES string of the molecule is Cc1cc(C)cc(CNC2CCN(C)CC2C)c1. The van der Waals surface area contributed by atoms with E-state index in [1.165, 1.54) is 36.2 Å². The smallest absolute Gasteiger partial charge is 0.0208 e. The lowest BCUT2D eigenvalue weighted by molar-refractivity contribution is 0.174. The van der Waals surface area contributed by atoms with E-state index >= 15 is 0 Å². The van der Waals surface area contributed by atoms with E-state index in [2.05, 4.69) is 56.2 Å². The molecule has 18 heavy (non-hydrogen) atoms. The minimum absolute atomic E-state index is 0.669. The molecule has 1 heterocycles. The third-order valence-corrected chi connectivity index (χ3v) is 3.96. The third-order valence-electron chi connectivity index (χ3n) is 3.96. The molecule has 1 N–H and O–H groups in total. The van der Waals surface area contributed by atoms with Crippen molar-refractivity contribution in [2.75, 3.05) is 20.1 Å². The van der Waals surface area contributed by atoms with Crippen molar-refractivity contribution >= 4 is 0 Å². The van der Waals surface area contributed by atoms with E-state index in [0.29, 0.717) is 6.04 Å². The van der Waals surface area contributed by atoms with Crippen LogP contribution in [0.5, 0.6) is 0 Å². The molecule has 1 aromatic rings. The number of piperidine rings is 1. The lowest BCUT2D eigenvalue weighted by Crippen LogP contribution is -2.46. The zero-order valence-electron chi connectivity index (χ0n) is 12.2. The molecule has 1 aliphatic rings. The van der Waals surface area contributed by atoms with Crippen LogP contribution in [0.15, 0.2) is 18.2 Å². The van der Waals surface area contributed by atoms with E-state index in [9.17, 15) is 0 Å². The van der Waals surface area contributed by atoms with Crippen LogP contribution < -0.4 is 5.32 Å². The Morgan fingerprint density at radius 3 is 2.50 bits per heavy atom. The van der Waals surface area contributed by atoms with Crippen molar-refractivity contribution in [2.45, 2.75) is 39.8 Å². The van der Waals surface area contributed by atoms with Crippen LogP contribution >= 0.6 is 0 Å². The zero-order chi connectivity index (χ0) is 13.1. The van der Waals surface area contributed by atoms with Crippen molar-refractivity contribution in [2.24, 2.45) is 5.92 Å². The van der Waals surface area contributed by atoms with Crippen molar-refractivity contribution in [3.63, 3.8) is 0 Å². The molecular formula is C16H26N2. The van der Waals surface area contributed by atoms with Gasteiger partial charge >= 0.3 is 0 Å². The van der Waals surface area contributed by atoms with Crippen molar-refractivity contribution in [1.82, 2.24) is 10.2 Å². The number of likely N-dealkylation sites (tertiary alicyclic amines) is 1. The molecule has 0 spiro atoms. The Balaban J connectivity index is 1.91. The van der Waals surface area contributed by atoms with E-state index in [0.717, 1.165) is 12.5 Å². The van der Waals surface area contributed by atoms with Crippen LogP contribution in [-0.2, 0) is 6.54 Å². The molecule has 2 nitrogen and oxygen atoms in total. The molecule has 2 rings (SSSR count). The highest BCUT2D eigenvalue weighted by molar-refractivity contribution is 5.28. The van der Waals surface area contributed by atoms with Gasteiger partial charge in [0, 0.05) is 19.1 Å². The summed E-state index contributed by atoms with van der Waals surface area (Å²) in [7, 11) is 2.22. The van der Waals surface area contributed by atoms with Crippen LogP contribution in [0.4, 0.5) is 0 Å². The summed E-state index contributed by atoms with van der Waals surface area (Å²) in [4.78, 5) is 2.43. The lowest BCUT2D eigenvalue weighted by atomic mass is 9.94. The molecule has 0 saturated carbocycles. The summed E-state index contributed by atoms with van der Waals surface area (Å²) in [6.45, 7) is 10.1. The van der Waals surface area contributed by atoms with Gasteiger partial charge in [0.2, 0.25) is 0 Å². The van der Waals surface area contributed by atoms with Crippen LogP contribution in [0.3, 0.4) is 0 Å². The minimum Gasteiger partial charge on any atom is -0.310 e. The second-order valence-corrected chi connectivity index (χ2v) is 6.01. The van der Waals surface area contributed by atoms with Crippen LogP contribution in [-0.4, -0.2) is 31.1 Å². The molecule has 1 saturated heterocycles. The fraction of sp³-hybridized carbons (Fsp3) is 0.625. The lowest BCUT2D eigenvalue weighted by Gasteiger charge is -2.35. The molecule has 2 atom stereocenters. The van der Waals surface area contributed by atoms with E-state index in [1.807, 2.05) is 0 Å². The Hall–Kier alpha value is -0.860. The Bertz CT molecular complexity index is 380. The van der Waals surface area contributed by atoms with Crippen molar-refractivity contribution in [3.05, 3.63) is 34.9 Å². The molecule has 1 fully saturated rings. The van der Waals surface area contributed by atoms with Gasteiger partial charge in [-0.25, -0.2) is 0 Å². The molecule has 0 bridgehead atoms. The molecule has 0 amide bonds. The quantitative estimate of drug-likeness (QED) is 0.882. The van der Waals surface area contributed by atoms with Gasteiger partial charge in [-0.1, -0.05) is 36.2 Å². The van der Waals surface area contributed by atoms with Gasteiger partial charge in [0.1, 0.15) is 0 Å². The van der Waals surface area contributed by atoms with Gasteiger partial charge in [-0.3, -0.25) is 0 Å². The average Bonchev–Trinajstić information content (AvgIpc) is 2.26. The Morgan fingerprint density at radius 1 is 1.22 bits per heavy atom. The molecule has 2 unspecified atom stereocenters. The summed E-state index contributed by atoms with van der Waals surface area (Å²) in [6, 6.07) is 7.49. The maximum Gasteiger partial charge on any atom is 0.0208 e. The van der Waals surface area contributed by atoms with Crippen LogP contribution in [0.1, 0.15) is 30.0 Å². The summed E-state index contributed by atoms with van der Waals surface area (Å²) in [6.07, 6.45) is 1.27. The first-order chi connectivity index (χ1) is 8.54. The third kappa shape index (κ3) is 3.56. The fourth-order valence-electron chi connectivity index (χ4n) is 3.08. The Morgan fingerprint density at radius 2 is 1.89 bits per heavy atom. The van der Waals surface area contributed by atoms with Gasteiger partial charge in [-0.15, -0.1) is 0 Å². The van der Waals surface area contributed by atoms with Crippen molar-refractivity contribution in [1.29, 1.82) is 0 Å². The molecule has 1 aromatic carbocycles. The summed E-state index contributed by atoms with van der Waals surface area (Å²) >= 11 is 0. The molecule has 0 radical (unpaired) electrons. The summed E-state index contributed by atoms with van der Waals surface area (Å²) < 4.78 is 0. The number of aryl methyl sites for hydroxylation is 2. The summed E-state index contributed by atoms with van der Waals surface area (Å²) in [5.41, 5.74) is 4.14. The number of hydrogen-bond acceptors (Lipinski definition) is 2. The van der Waals surface area contributed by atoms with Crippen LogP contribution in [0.25, 0.3) is 0 Å². The highest BCUT2D eigenvalue weighted by Crippen LogP contribution is 2.16. The highest BCUT2D eigenvalue weighted by Gasteiger charge is 2.23. The number of hydrogen-bond donors (Lipinski definition) is 1. The molecule has 2 heteroatoms. The Kier molecular flexibility index (Phi) is 4.41. The largest absolute Gasteiger partial charge is 0.310 e. The van der Waals surface area contributed by atoms with Crippen molar-refractivity contribution in [3.8, 4) is 0 Å². The van der Waals surface area contributed by atoms with E-state index in [-0.39, 0.29) is 0 Å². The Labute approximate surface area is 111 Å². The van der Waals surface area contributed by atoms with E-state index < -0.39 is 0 Å². The molecule has 0 aromatic heterocycles. The van der Waals surface area contributed by atoms with Crippen molar-refractivity contribution < 1.29 is 0 Å². The van der Waals surface area contributed by atoms with Gasteiger partial charge in [-0.05, 0) is 45.3 Å². The van der Waals surface area contributed by atoms with Crippen LogP contribution in [0.2, 0.25) is 0 Å². The monoisotopic (exact) mass is 246 g/mol. The topological polar surface area (TPSA) is 15.3 Å². The van der Waals surface area contributed by atoms with Gasteiger partial charge in [0.25, 0.3) is 0 Å². The minimum atomic E-state index is 0.669. The van der Waals surface area contributed by atoms with E-state index in [4.69, 9.17) is 0 Å². The number of nitrogens with zero attached hydrogens (tertiary/aromatic N) is 1. The predicted molar refractivity (Wildman–Crippen MR) is 77.8 cm³/mol. The molecule has 100 valence electrons. The fourth-order valence-corrected chi connectivity index (χ4v) is 3.08. The zero-order valence-corrected chi connectivity index (χ0v) is 12.2. The maximum atomic E-state index is 3.74. The number of nitrogens with one attached hydrogen (secondary N) is 1. The normalized spacial score (nSPS) is 25.3. The molecular weight excluding hydrogens is 220 g/mol. The van der Waals surface area contributed by atoms with Gasteiger partial charge in [0.05, 0.1) is 0 Å². The first-order valence-corrected chi connectivity index (χ1v) is 7.03. The van der Waals surface area contributed by atoms with Gasteiger partial charge < -0.3 is 10.2 Å². The number of benzene rings is 1. The number of rotatable bonds is 3. The highest BCUT2D eigenvalue weighted by atomic mass is 15.1. The summed E-state index contributed by atoms with van der Waals surface area (Å²) in [5, 5.41) is 3.74. The van der Waals surface area contributed by atoms with Gasteiger partial charge in [-0.2, -0.15) is 0 Å². The first kappa shape index (κ1) is 13.6. The van der Waals surface area contributed by atoms with E-state index in [1.54, 1.807) is 0 Å². The molecule has 0 aliphatic carbocycles. The second-order valence-electron chi connectivity index (χ2n) is 6.01. The maximum absolute atomic E-state index is 3.74. The average molecular weight is 246 g/mol.